The first kappa shape index (κ1) is 13.3. The summed E-state index contributed by atoms with van der Waals surface area (Å²) in [4.78, 5) is 22.3. The van der Waals surface area contributed by atoms with Crippen LogP contribution in [0.15, 0.2) is 12.4 Å². The van der Waals surface area contributed by atoms with E-state index >= 15 is 0 Å². The van der Waals surface area contributed by atoms with Gasteiger partial charge >= 0.3 is 0 Å². The predicted octanol–water partition coefficient (Wildman–Crippen LogP) is 0.544. The van der Waals surface area contributed by atoms with E-state index in [-0.39, 0.29) is 0 Å². The van der Waals surface area contributed by atoms with Crippen molar-refractivity contribution in [2.24, 2.45) is 11.7 Å². The second-order valence-electron chi connectivity index (χ2n) is 5.67. The molecular formula is C14H21N5O. The summed E-state index contributed by atoms with van der Waals surface area (Å²) in [7, 11) is 0. The lowest BCUT2D eigenvalue weighted by Gasteiger charge is -2.31. The van der Waals surface area contributed by atoms with Crippen LogP contribution in [0.4, 0.5) is 5.82 Å². The molecule has 0 unspecified atom stereocenters. The Balaban J connectivity index is 1.81. The van der Waals surface area contributed by atoms with Crippen LogP contribution in [0.25, 0.3) is 0 Å². The second-order valence-corrected chi connectivity index (χ2v) is 5.67. The van der Waals surface area contributed by atoms with Gasteiger partial charge in [0.05, 0.1) is 0 Å². The minimum Gasteiger partial charge on any atom is -0.364 e. The Kier molecular flexibility index (Phi) is 3.82. The smallest absolute Gasteiger partial charge is 0.271 e. The van der Waals surface area contributed by atoms with Crippen LogP contribution in [-0.4, -0.2) is 41.6 Å². The van der Waals surface area contributed by atoms with Crippen molar-refractivity contribution in [1.29, 1.82) is 0 Å². The number of hydrogen-bond acceptors (Lipinski definition) is 5. The number of piperidine rings is 1. The van der Waals surface area contributed by atoms with Crippen LogP contribution >= 0.6 is 0 Å². The van der Waals surface area contributed by atoms with E-state index in [4.69, 9.17) is 5.73 Å². The summed E-state index contributed by atoms with van der Waals surface area (Å²) >= 11 is 0. The van der Waals surface area contributed by atoms with Gasteiger partial charge in [0.2, 0.25) is 0 Å². The van der Waals surface area contributed by atoms with Gasteiger partial charge in [0, 0.05) is 25.0 Å². The van der Waals surface area contributed by atoms with E-state index in [1.54, 1.807) is 6.20 Å². The standard InChI is InChI=1S/C14H21N5O/c15-13(20)12-14(18-8-7-17-12)19(11-1-2-11)9-10-3-5-16-6-4-10/h7-8,10-11,16H,1-6,9H2,(H2,15,20). The number of carbonyl (C=O) groups excluding carboxylic acids is 1. The number of rotatable bonds is 5. The Labute approximate surface area is 118 Å². The fourth-order valence-electron chi connectivity index (χ4n) is 2.85. The van der Waals surface area contributed by atoms with Crippen molar-refractivity contribution in [1.82, 2.24) is 15.3 Å². The molecule has 0 radical (unpaired) electrons. The van der Waals surface area contributed by atoms with Crippen molar-refractivity contribution in [3.8, 4) is 0 Å². The number of amides is 1. The molecule has 6 nitrogen and oxygen atoms in total. The highest BCUT2D eigenvalue weighted by Gasteiger charge is 2.34. The van der Waals surface area contributed by atoms with Crippen LogP contribution in [0.3, 0.4) is 0 Å². The molecule has 0 bridgehead atoms. The third-order valence-corrected chi connectivity index (χ3v) is 4.09. The summed E-state index contributed by atoms with van der Waals surface area (Å²) in [5.41, 5.74) is 5.73. The van der Waals surface area contributed by atoms with Crippen LogP contribution in [0.2, 0.25) is 0 Å². The summed E-state index contributed by atoms with van der Waals surface area (Å²) in [6, 6.07) is 0.500. The molecule has 1 aromatic rings. The molecule has 3 N–H and O–H groups in total. The molecular weight excluding hydrogens is 254 g/mol. The Bertz CT molecular complexity index is 482. The van der Waals surface area contributed by atoms with Crippen molar-refractivity contribution in [3.05, 3.63) is 18.1 Å². The van der Waals surface area contributed by atoms with Gasteiger partial charge in [0.25, 0.3) is 5.91 Å². The van der Waals surface area contributed by atoms with Crippen LogP contribution in [0.1, 0.15) is 36.2 Å². The lowest BCUT2D eigenvalue weighted by atomic mass is 9.97. The van der Waals surface area contributed by atoms with E-state index in [2.05, 4.69) is 20.2 Å². The summed E-state index contributed by atoms with van der Waals surface area (Å²) in [6.07, 6.45) is 7.85. The predicted molar refractivity (Wildman–Crippen MR) is 76.5 cm³/mol. The molecule has 1 aliphatic heterocycles. The van der Waals surface area contributed by atoms with Crippen LogP contribution < -0.4 is 16.0 Å². The highest BCUT2D eigenvalue weighted by molar-refractivity contribution is 5.95. The molecule has 1 saturated carbocycles. The van der Waals surface area contributed by atoms with Crippen LogP contribution in [-0.2, 0) is 0 Å². The van der Waals surface area contributed by atoms with Gasteiger partial charge in [-0.25, -0.2) is 9.97 Å². The van der Waals surface area contributed by atoms with Gasteiger partial charge in [0.1, 0.15) is 0 Å². The maximum absolute atomic E-state index is 11.5. The van der Waals surface area contributed by atoms with Crippen molar-refractivity contribution in [3.63, 3.8) is 0 Å². The topological polar surface area (TPSA) is 84.1 Å². The zero-order valence-electron chi connectivity index (χ0n) is 11.6. The maximum atomic E-state index is 11.5. The first-order valence-corrected chi connectivity index (χ1v) is 7.34. The third-order valence-electron chi connectivity index (χ3n) is 4.09. The summed E-state index contributed by atoms with van der Waals surface area (Å²) in [6.45, 7) is 3.10. The minimum atomic E-state index is -0.496. The van der Waals surface area contributed by atoms with E-state index in [1.165, 1.54) is 31.9 Å². The zero-order valence-corrected chi connectivity index (χ0v) is 11.6. The summed E-state index contributed by atoms with van der Waals surface area (Å²) in [5.74, 6) is 0.824. The molecule has 1 saturated heterocycles. The van der Waals surface area contributed by atoms with E-state index in [0.29, 0.717) is 23.5 Å². The van der Waals surface area contributed by atoms with Gasteiger partial charge in [-0.1, -0.05) is 0 Å². The van der Waals surface area contributed by atoms with E-state index in [9.17, 15) is 4.79 Å². The SMILES string of the molecule is NC(=O)c1nccnc1N(CC1CCNCC1)C1CC1. The number of carbonyl (C=O) groups is 1. The molecule has 2 fully saturated rings. The number of primary amides is 1. The molecule has 1 amide bonds. The molecule has 2 aliphatic rings. The fraction of sp³-hybridized carbons (Fsp3) is 0.643. The highest BCUT2D eigenvalue weighted by atomic mass is 16.1. The average molecular weight is 275 g/mol. The molecule has 6 heteroatoms. The van der Waals surface area contributed by atoms with Crippen molar-refractivity contribution in [2.75, 3.05) is 24.5 Å². The molecule has 1 aromatic heterocycles. The lowest BCUT2D eigenvalue weighted by Crippen LogP contribution is -2.38. The molecule has 2 heterocycles. The summed E-state index contributed by atoms with van der Waals surface area (Å²) in [5, 5.41) is 3.38. The van der Waals surface area contributed by atoms with Gasteiger partial charge < -0.3 is 16.0 Å². The van der Waals surface area contributed by atoms with Crippen molar-refractivity contribution >= 4 is 11.7 Å². The van der Waals surface area contributed by atoms with Gasteiger partial charge in [0.15, 0.2) is 11.5 Å². The molecule has 1 aliphatic carbocycles. The van der Waals surface area contributed by atoms with Crippen LogP contribution in [0, 0.1) is 5.92 Å². The number of nitrogens with one attached hydrogen (secondary N) is 1. The normalized spacial score (nSPS) is 19.8. The third kappa shape index (κ3) is 2.90. The Morgan fingerprint density at radius 3 is 2.60 bits per heavy atom. The largest absolute Gasteiger partial charge is 0.364 e. The molecule has 3 rings (SSSR count). The first-order valence-electron chi connectivity index (χ1n) is 7.34. The van der Waals surface area contributed by atoms with Crippen LogP contribution in [0.5, 0.6) is 0 Å². The number of anilines is 1. The number of aromatic nitrogens is 2. The maximum Gasteiger partial charge on any atom is 0.271 e. The molecule has 0 spiro atoms. The van der Waals surface area contributed by atoms with Crippen molar-refractivity contribution < 1.29 is 4.79 Å². The molecule has 0 aromatic carbocycles. The zero-order chi connectivity index (χ0) is 13.9. The molecule has 0 atom stereocenters. The van der Waals surface area contributed by atoms with E-state index in [0.717, 1.165) is 19.6 Å². The van der Waals surface area contributed by atoms with E-state index in [1.807, 2.05) is 0 Å². The quantitative estimate of drug-likeness (QED) is 0.819. The minimum absolute atomic E-state index is 0.299. The number of hydrogen-bond donors (Lipinski definition) is 2. The van der Waals surface area contributed by atoms with E-state index < -0.39 is 5.91 Å². The second kappa shape index (κ2) is 5.75. The van der Waals surface area contributed by atoms with Gasteiger partial charge in [-0.15, -0.1) is 0 Å². The van der Waals surface area contributed by atoms with Gasteiger partial charge in [-0.3, -0.25) is 4.79 Å². The Hall–Kier alpha value is -1.69. The average Bonchev–Trinajstić information content (AvgIpc) is 3.30. The lowest BCUT2D eigenvalue weighted by molar-refractivity contribution is 0.0995. The highest BCUT2D eigenvalue weighted by Crippen LogP contribution is 2.33. The fourth-order valence-corrected chi connectivity index (χ4v) is 2.85. The molecule has 20 heavy (non-hydrogen) atoms. The monoisotopic (exact) mass is 275 g/mol. The summed E-state index contributed by atoms with van der Waals surface area (Å²) < 4.78 is 0. The van der Waals surface area contributed by atoms with Gasteiger partial charge in [-0.05, 0) is 44.7 Å². The number of nitrogens with two attached hydrogens (primary N) is 1. The molecule has 108 valence electrons. The Morgan fingerprint density at radius 1 is 1.25 bits per heavy atom. The van der Waals surface area contributed by atoms with Gasteiger partial charge in [-0.2, -0.15) is 0 Å². The van der Waals surface area contributed by atoms with Crippen molar-refractivity contribution in [2.45, 2.75) is 31.7 Å². The Morgan fingerprint density at radius 2 is 1.95 bits per heavy atom. The number of nitrogens with zero attached hydrogens (tertiary/aromatic N) is 3. The first-order chi connectivity index (χ1) is 9.75.